The first kappa shape index (κ1) is 22.2. The van der Waals surface area contributed by atoms with E-state index in [1.165, 1.54) is 0 Å². The van der Waals surface area contributed by atoms with Crippen molar-refractivity contribution in [3.63, 3.8) is 0 Å². The Morgan fingerprint density at radius 2 is 1.47 bits per heavy atom. The van der Waals surface area contributed by atoms with Crippen molar-refractivity contribution in [2.45, 2.75) is 6.54 Å². The summed E-state index contributed by atoms with van der Waals surface area (Å²) >= 11 is 3.52. The molecule has 0 radical (unpaired) electrons. The van der Waals surface area contributed by atoms with E-state index in [1.807, 2.05) is 17.0 Å². The number of carbonyl (C=O) groups excluding carboxylic acids is 1. The summed E-state index contributed by atoms with van der Waals surface area (Å²) in [5, 5.41) is 0. The minimum atomic E-state index is -0.0473. The number of rotatable bonds is 7. The molecule has 162 valence electrons. The van der Waals surface area contributed by atoms with E-state index in [-0.39, 0.29) is 5.91 Å². The van der Waals surface area contributed by atoms with Gasteiger partial charge in [-0.3, -0.25) is 9.69 Å². The molecule has 1 amide bonds. The van der Waals surface area contributed by atoms with Gasteiger partial charge in [0.2, 0.25) is 5.75 Å². The highest BCUT2D eigenvalue weighted by atomic mass is 79.9. The van der Waals surface area contributed by atoms with Gasteiger partial charge in [-0.2, -0.15) is 0 Å². The van der Waals surface area contributed by atoms with Gasteiger partial charge in [-0.25, -0.2) is 0 Å². The molecule has 7 nitrogen and oxygen atoms in total. The maximum Gasteiger partial charge on any atom is 0.254 e. The normalized spacial score (nSPS) is 14.4. The van der Waals surface area contributed by atoms with Gasteiger partial charge in [0.15, 0.2) is 11.5 Å². The topological polar surface area (TPSA) is 60.5 Å². The van der Waals surface area contributed by atoms with E-state index >= 15 is 0 Å². The van der Waals surface area contributed by atoms with Crippen molar-refractivity contribution < 1.29 is 23.7 Å². The average Bonchev–Trinajstić information content (AvgIpc) is 2.78. The van der Waals surface area contributed by atoms with E-state index in [0.29, 0.717) is 35.9 Å². The van der Waals surface area contributed by atoms with Crippen LogP contribution in [-0.2, 0) is 6.54 Å². The van der Waals surface area contributed by atoms with E-state index in [4.69, 9.17) is 18.9 Å². The van der Waals surface area contributed by atoms with Crippen LogP contribution in [0.25, 0.3) is 0 Å². The summed E-state index contributed by atoms with van der Waals surface area (Å²) in [6.45, 7) is 3.63. The Morgan fingerprint density at radius 1 is 0.867 bits per heavy atom. The van der Waals surface area contributed by atoms with E-state index in [2.05, 4.69) is 26.9 Å². The summed E-state index contributed by atoms with van der Waals surface area (Å²) in [6.07, 6.45) is 0. The van der Waals surface area contributed by atoms with E-state index in [1.54, 1.807) is 40.6 Å². The summed E-state index contributed by atoms with van der Waals surface area (Å²) in [4.78, 5) is 17.3. The largest absolute Gasteiger partial charge is 0.496 e. The lowest BCUT2D eigenvalue weighted by atomic mass is 10.1. The summed E-state index contributed by atoms with van der Waals surface area (Å²) in [5.41, 5.74) is 1.64. The smallest absolute Gasteiger partial charge is 0.254 e. The highest BCUT2D eigenvalue weighted by molar-refractivity contribution is 9.10. The molecule has 0 spiro atoms. The predicted octanol–water partition coefficient (Wildman–Crippen LogP) is 3.44. The van der Waals surface area contributed by atoms with Crippen molar-refractivity contribution in [1.82, 2.24) is 9.80 Å². The number of nitrogens with zero attached hydrogens (tertiary/aromatic N) is 2. The molecule has 0 bridgehead atoms. The number of halogens is 1. The second kappa shape index (κ2) is 10.0. The van der Waals surface area contributed by atoms with Crippen LogP contribution < -0.4 is 18.9 Å². The molecule has 0 atom stereocenters. The minimum Gasteiger partial charge on any atom is -0.496 e. The number of amides is 1. The molecular formula is C22H27BrN2O5. The number of piperazine rings is 1. The van der Waals surface area contributed by atoms with Gasteiger partial charge in [-0.05, 0) is 30.3 Å². The summed E-state index contributed by atoms with van der Waals surface area (Å²) < 4.78 is 22.6. The molecule has 0 saturated carbocycles. The third-order valence-corrected chi connectivity index (χ3v) is 5.70. The maximum atomic E-state index is 13.1. The number of benzene rings is 2. The van der Waals surface area contributed by atoms with Crippen molar-refractivity contribution in [1.29, 1.82) is 0 Å². The van der Waals surface area contributed by atoms with Gasteiger partial charge in [-0.15, -0.1) is 0 Å². The Kier molecular flexibility index (Phi) is 7.44. The van der Waals surface area contributed by atoms with Crippen LogP contribution in [0.1, 0.15) is 15.9 Å². The second-order valence-electron chi connectivity index (χ2n) is 6.94. The molecule has 0 unspecified atom stereocenters. The first-order chi connectivity index (χ1) is 14.5. The lowest BCUT2D eigenvalue weighted by Crippen LogP contribution is -2.48. The zero-order valence-electron chi connectivity index (χ0n) is 17.7. The predicted molar refractivity (Wildman–Crippen MR) is 118 cm³/mol. The van der Waals surface area contributed by atoms with Crippen LogP contribution in [-0.4, -0.2) is 70.3 Å². The lowest BCUT2D eigenvalue weighted by Gasteiger charge is -2.35. The molecule has 0 aliphatic carbocycles. The SMILES string of the molecule is COc1ccc(Br)cc1CN1CCN(C(=O)c2cc(OC)c(OC)c(OC)c2)CC1. The van der Waals surface area contributed by atoms with Gasteiger partial charge < -0.3 is 23.8 Å². The van der Waals surface area contributed by atoms with Crippen LogP contribution in [0.2, 0.25) is 0 Å². The van der Waals surface area contributed by atoms with Crippen molar-refractivity contribution >= 4 is 21.8 Å². The van der Waals surface area contributed by atoms with Crippen LogP contribution in [0.5, 0.6) is 23.0 Å². The highest BCUT2D eigenvalue weighted by Crippen LogP contribution is 2.38. The van der Waals surface area contributed by atoms with Crippen LogP contribution in [0.3, 0.4) is 0 Å². The van der Waals surface area contributed by atoms with Crippen molar-refractivity contribution in [2.75, 3.05) is 54.6 Å². The van der Waals surface area contributed by atoms with Gasteiger partial charge in [0.25, 0.3) is 5.91 Å². The fraction of sp³-hybridized carbons (Fsp3) is 0.409. The molecule has 30 heavy (non-hydrogen) atoms. The molecule has 1 heterocycles. The number of ether oxygens (including phenoxy) is 4. The average molecular weight is 479 g/mol. The molecule has 1 saturated heterocycles. The van der Waals surface area contributed by atoms with Gasteiger partial charge in [0.05, 0.1) is 28.4 Å². The Labute approximate surface area is 185 Å². The fourth-order valence-corrected chi connectivity index (χ4v) is 4.02. The third-order valence-electron chi connectivity index (χ3n) is 5.21. The van der Waals surface area contributed by atoms with E-state index in [0.717, 1.165) is 35.4 Å². The zero-order chi connectivity index (χ0) is 21.7. The number of hydrogen-bond acceptors (Lipinski definition) is 6. The van der Waals surface area contributed by atoms with Gasteiger partial charge in [0, 0.05) is 48.3 Å². The molecule has 0 N–H and O–H groups in total. The van der Waals surface area contributed by atoms with Crippen molar-refractivity contribution in [2.24, 2.45) is 0 Å². The summed E-state index contributed by atoms with van der Waals surface area (Å²) in [5.74, 6) is 2.24. The monoisotopic (exact) mass is 478 g/mol. The number of hydrogen-bond donors (Lipinski definition) is 0. The molecule has 2 aromatic carbocycles. The lowest BCUT2D eigenvalue weighted by molar-refractivity contribution is 0.0626. The molecule has 1 aliphatic heterocycles. The van der Waals surface area contributed by atoms with Crippen LogP contribution in [0.15, 0.2) is 34.8 Å². The molecule has 1 fully saturated rings. The second-order valence-corrected chi connectivity index (χ2v) is 7.85. The molecule has 3 rings (SSSR count). The minimum absolute atomic E-state index is 0.0473. The molecule has 1 aliphatic rings. The fourth-order valence-electron chi connectivity index (χ4n) is 3.61. The van der Waals surface area contributed by atoms with Crippen LogP contribution in [0.4, 0.5) is 0 Å². The molecule has 8 heteroatoms. The quantitative estimate of drug-likeness (QED) is 0.607. The van der Waals surface area contributed by atoms with Gasteiger partial charge in [-0.1, -0.05) is 15.9 Å². The van der Waals surface area contributed by atoms with Gasteiger partial charge in [0.1, 0.15) is 5.75 Å². The van der Waals surface area contributed by atoms with E-state index in [9.17, 15) is 4.79 Å². The molecule has 0 aromatic heterocycles. The first-order valence-electron chi connectivity index (χ1n) is 9.64. The number of carbonyl (C=O) groups is 1. The Morgan fingerprint density at radius 3 is 2.00 bits per heavy atom. The first-order valence-corrected chi connectivity index (χ1v) is 10.4. The maximum absolute atomic E-state index is 13.1. The summed E-state index contributed by atoms with van der Waals surface area (Å²) in [7, 11) is 6.31. The Hall–Kier alpha value is -2.45. The van der Waals surface area contributed by atoms with Crippen molar-refractivity contribution in [3.8, 4) is 23.0 Å². The van der Waals surface area contributed by atoms with E-state index < -0.39 is 0 Å². The highest BCUT2D eigenvalue weighted by Gasteiger charge is 2.25. The van der Waals surface area contributed by atoms with Crippen LogP contribution >= 0.6 is 15.9 Å². The van der Waals surface area contributed by atoms with Gasteiger partial charge >= 0.3 is 0 Å². The van der Waals surface area contributed by atoms with Crippen molar-refractivity contribution in [3.05, 3.63) is 45.9 Å². The summed E-state index contributed by atoms with van der Waals surface area (Å²) in [6, 6.07) is 9.40. The Balaban J connectivity index is 1.68. The third kappa shape index (κ3) is 4.82. The zero-order valence-corrected chi connectivity index (χ0v) is 19.3. The number of methoxy groups -OCH3 is 4. The molecular weight excluding hydrogens is 452 g/mol. The molecule has 2 aromatic rings. The Bertz CT molecular complexity index is 872. The standard InChI is InChI=1S/C22H27BrN2O5/c1-27-18-6-5-17(23)11-16(18)14-24-7-9-25(10-8-24)22(26)15-12-19(28-2)21(30-4)20(13-15)29-3/h5-6,11-13H,7-10,14H2,1-4H3. The van der Waals surface area contributed by atoms with Crippen LogP contribution in [0, 0.1) is 0 Å².